The Bertz CT molecular complexity index is 1530. The van der Waals surface area contributed by atoms with E-state index in [0.717, 1.165) is 75.0 Å². The van der Waals surface area contributed by atoms with Gasteiger partial charge in [0.25, 0.3) is 0 Å². The molecular formula is C28H32N8S. The maximum Gasteiger partial charge on any atom is 0.162 e. The van der Waals surface area contributed by atoms with E-state index in [0.29, 0.717) is 5.82 Å². The molecule has 0 spiro atoms. The Balaban J connectivity index is 1.57. The highest BCUT2D eigenvalue weighted by molar-refractivity contribution is 7.06. The fraction of sp³-hybridized carbons (Fsp3) is 0.286. The molecule has 5 rings (SSSR count). The molecule has 0 amide bonds. The van der Waals surface area contributed by atoms with Crippen molar-refractivity contribution in [3.05, 3.63) is 70.4 Å². The van der Waals surface area contributed by atoms with Crippen molar-refractivity contribution in [3.63, 3.8) is 0 Å². The van der Waals surface area contributed by atoms with E-state index in [2.05, 4.69) is 81.7 Å². The fourth-order valence-electron chi connectivity index (χ4n) is 4.48. The lowest BCUT2D eigenvalue weighted by Crippen LogP contribution is -2.24. The highest BCUT2D eigenvalue weighted by Crippen LogP contribution is 2.35. The molecule has 37 heavy (non-hydrogen) atoms. The first-order chi connectivity index (χ1) is 17.9. The van der Waals surface area contributed by atoms with Crippen LogP contribution < -0.4 is 16.0 Å². The minimum atomic E-state index is 0.688. The Morgan fingerprint density at radius 3 is 2.65 bits per heavy atom. The molecule has 0 aliphatic heterocycles. The van der Waals surface area contributed by atoms with Gasteiger partial charge in [-0.25, -0.2) is 9.97 Å². The Morgan fingerprint density at radius 2 is 1.86 bits per heavy atom. The minimum absolute atomic E-state index is 0.688. The Kier molecular flexibility index (Phi) is 7.27. The molecule has 0 bridgehead atoms. The van der Waals surface area contributed by atoms with Gasteiger partial charge < -0.3 is 16.0 Å². The molecule has 0 aliphatic carbocycles. The van der Waals surface area contributed by atoms with Crippen LogP contribution in [0.3, 0.4) is 0 Å². The summed E-state index contributed by atoms with van der Waals surface area (Å²) in [6, 6.07) is 14.7. The first-order valence-electron chi connectivity index (χ1n) is 12.4. The molecule has 0 saturated carbocycles. The van der Waals surface area contributed by atoms with Crippen molar-refractivity contribution in [2.45, 2.75) is 27.3 Å². The molecule has 9 heteroatoms. The smallest absolute Gasteiger partial charge is 0.162 e. The van der Waals surface area contributed by atoms with Gasteiger partial charge in [-0.2, -0.15) is 9.47 Å². The van der Waals surface area contributed by atoms with Crippen molar-refractivity contribution < 1.29 is 0 Å². The zero-order valence-electron chi connectivity index (χ0n) is 21.9. The normalized spacial score (nSPS) is 11.4. The van der Waals surface area contributed by atoms with E-state index in [1.165, 1.54) is 17.1 Å². The van der Waals surface area contributed by atoms with Crippen molar-refractivity contribution in [2.24, 2.45) is 7.05 Å². The van der Waals surface area contributed by atoms with E-state index in [1.54, 1.807) is 0 Å². The number of fused-ring (bicyclic) bond motifs is 1. The summed E-state index contributed by atoms with van der Waals surface area (Å²) in [6.45, 7) is 8.84. The highest BCUT2D eigenvalue weighted by Gasteiger charge is 2.19. The number of likely N-dealkylation sites (N-methyl/N-ethyl adjacent to an activating group) is 1. The standard InChI is InChI=1S/C28H32N8S/c1-17-26(25-18(2)35-37-19(25)3)33-28(21-8-6-7-20(13-21)15-30-12-11-29-4)34-27(17)32-23-9-10-24-22(14-23)16-31-36(24)5/h6-10,13-14,16,29-30H,11-12,15H2,1-5H3,(H,32,33,34). The van der Waals surface area contributed by atoms with E-state index >= 15 is 0 Å². The summed E-state index contributed by atoms with van der Waals surface area (Å²) >= 11 is 1.51. The van der Waals surface area contributed by atoms with Crippen LogP contribution >= 0.6 is 11.5 Å². The van der Waals surface area contributed by atoms with Gasteiger partial charge in [-0.05, 0) is 69.2 Å². The molecule has 2 aromatic carbocycles. The summed E-state index contributed by atoms with van der Waals surface area (Å²) in [5.74, 6) is 1.47. The second kappa shape index (κ2) is 10.8. The van der Waals surface area contributed by atoms with E-state index in [1.807, 2.05) is 31.9 Å². The topological polar surface area (TPSA) is 92.6 Å². The quantitative estimate of drug-likeness (QED) is 0.236. The van der Waals surface area contributed by atoms with Gasteiger partial charge in [0, 0.05) is 59.3 Å². The SMILES string of the molecule is CNCCNCc1cccc(-c2nc(Nc3ccc4c(cnn4C)c3)c(C)c(-c3c(C)nsc3C)n2)c1. The number of aromatic nitrogens is 5. The molecule has 190 valence electrons. The van der Waals surface area contributed by atoms with Crippen LogP contribution in [-0.4, -0.2) is 44.3 Å². The number of hydrogen-bond donors (Lipinski definition) is 3. The second-order valence-corrected chi connectivity index (χ2v) is 10.2. The summed E-state index contributed by atoms with van der Waals surface area (Å²) in [4.78, 5) is 11.2. The highest BCUT2D eigenvalue weighted by atomic mass is 32.1. The van der Waals surface area contributed by atoms with Crippen LogP contribution in [0.25, 0.3) is 33.5 Å². The van der Waals surface area contributed by atoms with Crippen molar-refractivity contribution in [2.75, 3.05) is 25.5 Å². The Labute approximate surface area is 221 Å². The van der Waals surface area contributed by atoms with Crippen LogP contribution in [0.1, 0.15) is 21.7 Å². The summed E-state index contributed by atoms with van der Waals surface area (Å²) in [5, 5.41) is 15.6. The molecule has 0 atom stereocenters. The lowest BCUT2D eigenvalue weighted by atomic mass is 10.0. The predicted molar refractivity (Wildman–Crippen MR) is 152 cm³/mol. The van der Waals surface area contributed by atoms with Crippen molar-refractivity contribution in [1.82, 2.24) is 34.8 Å². The molecule has 3 aromatic heterocycles. The molecular weight excluding hydrogens is 480 g/mol. The van der Waals surface area contributed by atoms with Gasteiger partial charge in [0.1, 0.15) is 5.82 Å². The number of nitrogens with zero attached hydrogens (tertiary/aromatic N) is 5. The molecule has 5 aromatic rings. The lowest BCUT2D eigenvalue weighted by Gasteiger charge is -2.15. The molecule has 0 aliphatic rings. The van der Waals surface area contributed by atoms with Gasteiger partial charge >= 0.3 is 0 Å². The van der Waals surface area contributed by atoms with Crippen LogP contribution in [0.4, 0.5) is 11.5 Å². The number of anilines is 2. The molecule has 3 N–H and O–H groups in total. The first-order valence-corrected chi connectivity index (χ1v) is 13.2. The van der Waals surface area contributed by atoms with Gasteiger partial charge in [-0.1, -0.05) is 18.2 Å². The summed E-state index contributed by atoms with van der Waals surface area (Å²) in [5.41, 5.74) is 8.20. The van der Waals surface area contributed by atoms with Crippen molar-refractivity contribution >= 4 is 33.9 Å². The number of benzene rings is 2. The molecule has 0 fully saturated rings. The maximum absolute atomic E-state index is 5.08. The number of aryl methyl sites for hydroxylation is 3. The number of nitrogens with one attached hydrogen (secondary N) is 3. The van der Waals surface area contributed by atoms with E-state index in [9.17, 15) is 0 Å². The second-order valence-electron chi connectivity index (χ2n) is 9.22. The Hall–Kier alpha value is -3.66. The van der Waals surface area contributed by atoms with Gasteiger partial charge in [0.05, 0.1) is 23.1 Å². The predicted octanol–water partition coefficient (Wildman–Crippen LogP) is 5.13. The molecule has 8 nitrogen and oxygen atoms in total. The molecule has 0 radical (unpaired) electrons. The summed E-state index contributed by atoms with van der Waals surface area (Å²) < 4.78 is 6.46. The average Bonchev–Trinajstić information content (AvgIpc) is 3.44. The van der Waals surface area contributed by atoms with E-state index in [4.69, 9.17) is 9.97 Å². The fourth-order valence-corrected chi connectivity index (χ4v) is 5.18. The monoisotopic (exact) mass is 512 g/mol. The third kappa shape index (κ3) is 5.24. The van der Waals surface area contributed by atoms with Gasteiger partial charge in [-0.3, -0.25) is 4.68 Å². The lowest BCUT2D eigenvalue weighted by molar-refractivity contribution is 0.651. The van der Waals surface area contributed by atoms with Gasteiger partial charge in [-0.15, -0.1) is 0 Å². The van der Waals surface area contributed by atoms with E-state index in [-0.39, 0.29) is 0 Å². The zero-order valence-corrected chi connectivity index (χ0v) is 22.7. The van der Waals surface area contributed by atoms with E-state index < -0.39 is 0 Å². The third-order valence-corrected chi connectivity index (χ3v) is 7.33. The third-order valence-electron chi connectivity index (χ3n) is 6.49. The summed E-state index contributed by atoms with van der Waals surface area (Å²) in [6.07, 6.45) is 1.88. The van der Waals surface area contributed by atoms with Crippen LogP contribution in [0.2, 0.25) is 0 Å². The first kappa shape index (κ1) is 25.0. The molecule has 3 heterocycles. The van der Waals surface area contributed by atoms with Crippen molar-refractivity contribution in [3.8, 4) is 22.6 Å². The van der Waals surface area contributed by atoms with Crippen LogP contribution in [-0.2, 0) is 13.6 Å². The number of hydrogen-bond acceptors (Lipinski definition) is 8. The molecule has 0 saturated heterocycles. The van der Waals surface area contributed by atoms with Crippen LogP contribution in [0.5, 0.6) is 0 Å². The van der Waals surface area contributed by atoms with Crippen LogP contribution in [0, 0.1) is 20.8 Å². The average molecular weight is 513 g/mol. The van der Waals surface area contributed by atoms with Crippen LogP contribution in [0.15, 0.2) is 48.7 Å². The number of rotatable bonds is 9. The molecule has 0 unspecified atom stereocenters. The van der Waals surface area contributed by atoms with Gasteiger partial charge in [0.15, 0.2) is 5.82 Å². The largest absolute Gasteiger partial charge is 0.340 e. The zero-order chi connectivity index (χ0) is 25.9. The Morgan fingerprint density at radius 1 is 1.00 bits per heavy atom. The maximum atomic E-state index is 5.08. The minimum Gasteiger partial charge on any atom is -0.340 e. The summed E-state index contributed by atoms with van der Waals surface area (Å²) in [7, 11) is 3.91. The van der Waals surface area contributed by atoms with Gasteiger partial charge in [0.2, 0.25) is 0 Å². The van der Waals surface area contributed by atoms with Crippen molar-refractivity contribution in [1.29, 1.82) is 0 Å².